The van der Waals surface area contributed by atoms with Gasteiger partial charge in [-0.15, -0.1) is 0 Å². The minimum absolute atomic E-state index is 0.236. The topological polar surface area (TPSA) is 57.1 Å². The van der Waals surface area contributed by atoms with Crippen molar-refractivity contribution in [2.75, 3.05) is 6.61 Å². The number of benzene rings is 3. The van der Waals surface area contributed by atoms with Crippen LogP contribution >= 0.6 is 38.5 Å². The van der Waals surface area contributed by atoms with Crippen LogP contribution in [0.5, 0.6) is 11.5 Å². The third-order valence-corrected chi connectivity index (χ3v) is 6.18. The van der Waals surface area contributed by atoms with Gasteiger partial charge in [-0.2, -0.15) is 0 Å². The van der Waals surface area contributed by atoms with Gasteiger partial charge >= 0.3 is 5.97 Å². The Bertz CT molecular complexity index is 1230. The summed E-state index contributed by atoms with van der Waals surface area (Å²) < 4.78 is 19.1. The van der Waals surface area contributed by atoms with E-state index in [-0.39, 0.29) is 11.6 Å². The zero-order valence-electron chi connectivity index (χ0n) is 18.1. The van der Waals surface area contributed by atoms with E-state index in [0.29, 0.717) is 24.7 Å². The van der Waals surface area contributed by atoms with Gasteiger partial charge in [0.05, 0.1) is 10.2 Å². The van der Waals surface area contributed by atoms with Crippen LogP contribution in [-0.2, 0) is 16.1 Å². The molecule has 0 bridgehead atoms. The van der Waals surface area contributed by atoms with E-state index in [1.165, 1.54) is 5.56 Å². The first-order chi connectivity index (χ1) is 15.9. The predicted molar refractivity (Wildman–Crippen MR) is 141 cm³/mol. The van der Waals surface area contributed by atoms with Crippen LogP contribution in [0.2, 0.25) is 0 Å². The molecule has 33 heavy (non-hydrogen) atoms. The Morgan fingerprint density at radius 2 is 1.79 bits per heavy atom. The minimum Gasteiger partial charge on any atom is -0.490 e. The van der Waals surface area contributed by atoms with Crippen molar-refractivity contribution in [1.82, 2.24) is 0 Å². The molecule has 0 unspecified atom stereocenters. The van der Waals surface area contributed by atoms with Crippen molar-refractivity contribution in [3.63, 3.8) is 0 Å². The summed E-state index contributed by atoms with van der Waals surface area (Å²) in [6.07, 6.45) is 1.70. The quantitative estimate of drug-likeness (QED) is 0.169. The highest BCUT2D eigenvalue weighted by Gasteiger charge is 2.24. The van der Waals surface area contributed by atoms with Crippen molar-refractivity contribution in [2.45, 2.75) is 20.5 Å². The van der Waals surface area contributed by atoms with Gasteiger partial charge in [-0.1, -0.05) is 45.8 Å². The molecule has 0 radical (unpaired) electrons. The van der Waals surface area contributed by atoms with Crippen molar-refractivity contribution in [3.8, 4) is 11.5 Å². The fourth-order valence-corrected chi connectivity index (χ4v) is 4.24. The van der Waals surface area contributed by atoms with Gasteiger partial charge in [-0.05, 0) is 90.0 Å². The number of halogens is 2. The fraction of sp³-hybridized carbons (Fsp3) is 0.154. The molecular formula is C26H21BrINO4. The summed E-state index contributed by atoms with van der Waals surface area (Å²) in [5.41, 5.74) is 4.03. The van der Waals surface area contributed by atoms with E-state index in [1.807, 2.05) is 55.5 Å². The third-order valence-electron chi connectivity index (χ3n) is 4.85. The zero-order chi connectivity index (χ0) is 23.4. The second-order valence-corrected chi connectivity index (χ2v) is 9.46. The van der Waals surface area contributed by atoms with E-state index >= 15 is 0 Å². The Balaban J connectivity index is 1.60. The van der Waals surface area contributed by atoms with Crippen LogP contribution in [-0.4, -0.2) is 18.5 Å². The largest absolute Gasteiger partial charge is 0.490 e. The van der Waals surface area contributed by atoms with Gasteiger partial charge < -0.3 is 14.2 Å². The SMILES string of the molecule is CCOc1cc(/C=C2\N=C(c3ccc(Br)cc3)OC2=O)cc(I)c1OCc1ccc(C)cc1. The Kier molecular flexibility index (Phi) is 7.49. The summed E-state index contributed by atoms with van der Waals surface area (Å²) in [5, 5.41) is 0. The van der Waals surface area contributed by atoms with Crippen LogP contribution in [0.3, 0.4) is 0 Å². The summed E-state index contributed by atoms with van der Waals surface area (Å²) >= 11 is 5.62. The zero-order valence-corrected chi connectivity index (χ0v) is 21.8. The maximum Gasteiger partial charge on any atom is 0.363 e. The molecule has 3 aromatic rings. The molecule has 0 aromatic heterocycles. The molecular weight excluding hydrogens is 597 g/mol. The summed E-state index contributed by atoms with van der Waals surface area (Å²) in [7, 11) is 0. The lowest BCUT2D eigenvalue weighted by molar-refractivity contribution is -0.129. The summed E-state index contributed by atoms with van der Waals surface area (Å²) in [6, 6.07) is 19.4. The molecule has 0 N–H and O–H groups in total. The van der Waals surface area contributed by atoms with E-state index in [2.05, 4.69) is 62.6 Å². The van der Waals surface area contributed by atoms with Gasteiger partial charge in [-0.3, -0.25) is 0 Å². The number of hydrogen-bond acceptors (Lipinski definition) is 5. The molecule has 4 rings (SSSR count). The number of esters is 1. The molecule has 0 saturated carbocycles. The first-order valence-corrected chi connectivity index (χ1v) is 12.2. The molecule has 0 aliphatic carbocycles. The number of cyclic esters (lactones) is 1. The molecule has 0 amide bonds. The molecule has 0 spiro atoms. The molecule has 7 heteroatoms. The van der Waals surface area contributed by atoms with Gasteiger partial charge in [0.2, 0.25) is 5.90 Å². The van der Waals surface area contributed by atoms with E-state index in [1.54, 1.807) is 6.08 Å². The molecule has 5 nitrogen and oxygen atoms in total. The van der Waals surface area contributed by atoms with Crippen molar-refractivity contribution in [3.05, 3.63) is 96.7 Å². The normalized spacial score (nSPS) is 14.2. The first-order valence-electron chi connectivity index (χ1n) is 10.4. The Morgan fingerprint density at radius 3 is 2.48 bits per heavy atom. The Morgan fingerprint density at radius 1 is 1.06 bits per heavy atom. The maximum atomic E-state index is 12.4. The van der Waals surface area contributed by atoms with Crippen molar-refractivity contribution in [1.29, 1.82) is 0 Å². The van der Waals surface area contributed by atoms with Crippen LogP contribution < -0.4 is 9.47 Å². The van der Waals surface area contributed by atoms with Gasteiger partial charge in [-0.25, -0.2) is 9.79 Å². The van der Waals surface area contributed by atoms with Crippen LogP contribution in [0, 0.1) is 10.5 Å². The Labute approximate surface area is 214 Å². The number of carbonyl (C=O) groups excluding carboxylic acids is 1. The number of hydrogen-bond donors (Lipinski definition) is 0. The molecule has 1 aliphatic heterocycles. The van der Waals surface area contributed by atoms with Gasteiger partial charge in [0.1, 0.15) is 6.61 Å². The smallest absolute Gasteiger partial charge is 0.363 e. The van der Waals surface area contributed by atoms with Crippen molar-refractivity contribution in [2.24, 2.45) is 4.99 Å². The molecule has 168 valence electrons. The molecule has 3 aromatic carbocycles. The number of carbonyl (C=O) groups is 1. The molecule has 0 atom stereocenters. The summed E-state index contributed by atoms with van der Waals surface area (Å²) in [6.45, 7) is 4.90. The van der Waals surface area contributed by atoms with Crippen LogP contribution in [0.15, 0.2) is 75.8 Å². The first kappa shape index (κ1) is 23.5. The maximum absolute atomic E-state index is 12.4. The second-order valence-electron chi connectivity index (χ2n) is 7.38. The van der Waals surface area contributed by atoms with E-state index in [4.69, 9.17) is 14.2 Å². The van der Waals surface area contributed by atoms with Crippen LogP contribution in [0.4, 0.5) is 0 Å². The van der Waals surface area contributed by atoms with Crippen molar-refractivity contribution < 1.29 is 19.0 Å². The summed E-state index contributed by atoms with van der Waals surface area (Å²) in [4.78, 5) is 16.8. The molecule has 0 saturated heterocycles. The number of ether oxygens (including phenoxy) is 3. The van der Waals surface area contributed by atoms with Gasteiger partial charge in [0.25, 0.3) is 0 Å². The second kappa shape index (κ2) is 10.5. The minimum atomic E-state index is -0.486. The number of nitrogens with zero attached hydrogens (tertiary/aromatic N) is 1. The van der Waals surface area contributed by atoms with Crippen molar-refractivity contribution >= 4 is 56.5 Å². The van der Waals surface area contributed by atoms with E-state index < -0.39 is 5.97 Å². The van der Waals surface area contributed by atoms with E-state index in [0.717, 1.165) is 24.7 Å². The lowest BCUT2D eigenvalue weighted by Gasteiger charge is -2.15. The number of rotatable bonds is 7. The molecule has 1 aliphatic rings. The molecule has 0 fully saturated rings. The average molecular weight is 618 g/mol. The van der Waals surface area contributed by atoms with Gasteiger partial charge in [0.15, 0.2) is 17.2 Å². The highest BCUT2D eigenvalue weighted by atomic mass is 127. The highest BCUT2D eigenvalue weighted by Crippen LogP contribution is 2.36. The van der Waals surface area contributed by atoms with Gasteiger partial charge in [0, 0.05) is 10.0 Å². The number of aliphatic imine (C=N–C) groups is 1. The standard InChI is InChI=1S/C26H21BrINO4/c1-3-31-23-14-18(12-21(28)24(23)32-15-17-6-4-16(2)5-7-17)13-22-26(30)33-25(29-22)19-8-10-20(27)11-9-19/h4-14H,3,15H2,1-2H3/b22-13-. The lowest BCUT2D eigenvalue weighted by atomic mass is 10.1. The average Bonchev–Trinajstić information content (AvgIpc) is 3.15. The fourth-order valence-electron chi connectivity index (χ4n) is 3.20. The predicted octanol–water partition coefficient (Wildman–Crippen LogP) is 6.68. The van der Waals surface area contributed by atoms with Crippen LogP contribution in [0.1, 0.15) is 29.2 Å². The van der Waals surface area contributed by atoms with Crippen LogP contribution in [0.25, 0.3) is 6.08 Å². The molecule has 1 heterocycles. The monoisotopic (exact) mass is 617 g/mol. The lowest BCUT2D eigenvalue weighted by Crippen LogP contribution is -2.05. The highest BCUT2D eigenvalue weighted by molar-refractivity contribution is 14.1. The summed E-state index contributed by atoms with van der Waals surface area (Å²) in [5.74, 6) is 1.09. The Hall–Kier alpha value is -2.65. The van der Waals surface area contributed by atoms with E-state index in [9.17, 15) is 4.79 Å². The number of aryl methyl sites for hydroxylation is 1. The third kappa shape index (κ3) is 5.83.